The van der Waals surface area contributed by atoms with Crippen molar-refractivity contribution in [3.05, 3.63) is 23.8 Å². The van der Waals surface area contributed by atoms with Gasteiger partial charge in [-0.3, -0.25) is 4.79 Å². The van der Waals surface area contributed by atoms with Gasteiger partial charge in [-0.15, -0.1) is 0 Å². The highest BCUT2D eigenvalue weighted by molar-refractivity contribution is 5.96. The van der Waals surface area contributed by atoms with Crippen molar-refractivity contribution >= 4 is 23.3 Å². The Labute approximate surface area is 150 Å². The largest absolute Gasteiger partial charge is 0.335 e. The SMILES string of the molecule is CC(C)C(=O)N1CCCc2cc(NC(=O)NC3CCCCC3)ccc21. The monoisotopic (exact) mass is 343 g/mol. The topological polar surface area (TPSA) is 61.4 Å². The first-order chi connectivity index (χ1) is 12.0. The summed E-state index contributed by atoms with van der Waals surface area (Å²) in [5.41, 5.74) is 2.92. The van der Waals surface area contributed by atoms with Gasteiger partial charge in [0.05, 0.1) is 0 Å². The molecule has 2 aliphatic rings. The summed E-state index contributed by atoms with van der Waals surface area (Å²) in [5.74, 6) is 0.154. The van der Waals surface area contributed by atoms with Crippen molar-refractivity contribution in [2.45, 2.75) is 64.8 Å². The Kier molecular flexibility index (Phi) is 5.61. The molecule has 1 saturated carbocycles. The van der Waals surface area contributed by atoms with Crippen molar-refractivity contribution in [2.24, 2.45) is 5.92 Å². The fraction of sp³-hybridized carbons (Fsp3) is 0.600. The van der Waals surface area contributed by atoms with Crippen molar-refractivity contribution in [1.82, 2.24) is 5.32 Å². The van der Waals surface area contributed by atoms with Crippen LogP contribution in [0.25, 0.3) is 0 Å². The molecule has 1 fully saturated rings. The third-order valence-electron chi connectivity index (χ3n) is 5.16. The van der Waals surface area contributed by atoms with Crippen LogP contribution in [0.15, 0.2) is 18.2 Å². The minimum atomic E-state index is -0.127. The maximum absolute atomic E-state index is 12.4. The molecule has 25 heavy (non-hydrogen) atoms. The van der Waals surface area contributed by atoms with Crippen molar-refractivity contribution < 1.29 is 9.59 Å². The van der Waals surface area contributed by atoms with Gasteiger partial charge in [0, 0.05) is 29.9 Å². The Balaban J connectivity index is 1.66. The highest BCUT2D eigenvalue weighted by Gasteiger charge is 2.24. The normalized spacial score (nSPS) is 18.0. The molecule has 2 N–H and O–H groups in total. The zero-order chi connectivity index (χ0) is 17.8. The Bertz CT molecular complexity index is 636. The molecule has 1 aliphatic carbocycles. The van der Waals surface area contributed by atoms with E-state index in [-0.39, 0.29) is 17.9 Å². The predicted octanol–water partition coefficient (Wildman–Crippen LogP) is 4.08. The molecule has 0 spiro atoms. The van der Waals surface area contributed by atoms with Crippen molar-refractivity contribution in [3.8, 4) is 0 Å². The summed E-state index contributed by atoms with van der Waals surface area (Å²) in [6.45, 7) is 4.64. The standard InChI is InChI=1S/C20H29N3O2/c1-14(2)19(24)23-12-6-7-15-13-17(10-11-18(15)23)22-20(25)21-16-8-4-3-5-9-16/h10-11,13-14,16H,3-9,12H2,1-2H3,(H2,21,22,25). The fourth-order valence-electron chi connectivity index (χ4n) is 3.81. The predicted molar refractivity (Wildman–Crippen MR) is 101 cm³/mol. The Morgan fingerprint density at radius 1 is 1.12 bits per heavy atom. The Morgan fingerprint density at radius 3 is 2.60 bits per heavy atom. The van der Waals surface area contributed by atoms with Crippen LogP contribution in [0.5, 0.6) is 0 Å². The summed E-state index contributed by atoms with van der Waals surface area (Å²) in [6, 6.07) is 6.04. The van der Waals surface area contributed by atoms with Crippen molar-refractivity contribution in [1.29, 1.82) is 0 Å². The zero-order valence-electron chi connectivity index (χ0n) is 15.3. The van der Waals surface area contributed by atoms with Gasteiger partial charge in [0.15, 0.2) is 0 Å². The van der Waals surface area contributed by atoms with E-state index in [0.29, 0.717) is 6.04 Å². The molecule has 1 aliphatic heterocycles. The minimum absolute atomic E-state index is 0.00924. The Hall–Kier alpha value is -2.04. The number of aryl methyl sites for hydroxylation is 1. The van der Waals surface area contributed by atoms with E-state index in [1.807, 2.05) is 36.9 Å². The second-order valence-corrected chi connectivity index (χ2v) is 7.53. The third kappa shape index (κ3) is 4.33. The number of carbonyl (C=O) groups excluding carboxylic acids is 2. The highest BCUT2D eigenvalue weighted by Crippen LogP contribution is 2.30. The summed E-state index contributed by atoms with van der Waals surface area (Å²) >= 11 is 0. The molecule has 5 heteroatoms. The van der Waals surface area contributed by atoms with Gasteiger partial charge >= 0.3 is 6.03 Å². The number of urea groups is 1. The van der Waals surface area contributed by atoms with E-state index in [1.165, 1.54) is 19.3 Å². The molecule has 0 aromatic heterocycles. The van der Waals surface area contributed by atoms with Crippen LogP contribution in [0, 0.1) is 5.92 Å². The molecule has 0 atom stereocenters. The maximum Gasteiger partial charge on any atom is 0.319 e. The molecule has 0 saturated heterocycles. The van der Waals surface area contributed by atoms with Crippen LogP contribution >= 0.6 is 0 Å². The van der Waals surface area contributed by atoms with Gasteiger partial charge in [-0.05, 0) is 49.4 Å². The first-order valence-electron chi connectivity index (χ1n) is 9.56. The van der Waals surface area contributed by atoms with E-state index in [1.54, 1.807) is 0 Å². The number of rotatable bonds is 3. The molecular formula is C20H29N3O2. The van der Waals surface area contributed by atoms with Crippen LogP contribution in [-0.4, -0.2) is 24.5 Å². The van der Waals surface area contributed by atoms with E-state index in [0.717, 1.165) is 49.2 Å². The number of nitrogens with zero attached hydrogens (tertiary/aromatic N) is 1. The number of carbonyl (C=O) groups is 2. The zero-order valence-corrected chi connectivity index (χ0v) is 15.3. The molecule has 3 amide bonds. The van der Waals surface area contributed by atoms with Gasteiger partial charge in [0.25, 0.3) is 0 Å². The average molecular weight is 343 g/mol. The number of nitrogens with one attached hydrogen (secondary N) is 2. The molecule has 136 valence electrons. The summed E-state index contributed by atoms with van der Waals surface area (Å²) in [5, 5.41) is 6.03. The van der Waals surface area contributed by atoms with Crippen LogP contribution in [0.2, 0.25) is 0 Å². The van der Waals surface area contributed by atoms with Crippen LogP contribution in [0.3, 0.4) is 0 Å². The highest BCUT2D eigenvalue weighted by atomic mass is 16.2. The van der Waals surface area contributed by atoms with Crippen molar-refractivity contribution in [3.63, 3.8) is 0 Å². The summed E-state index contributed by atoms with van der Waals surface area (Å²) < 4.78 is 0. The number of fused-ring (bicyclic) bond motifs is 1. The molecule has 0 radical (unpaired) electrons. The summed E-state index contributed by atoms with van der Waals surface area (Å²) in [4.78, 5) is 26.5. The summed E-state index contributed by atoms with van der Waals surface area (Å²) in [6.07, 6.45) is 7.72. The number of amides is 3. The fourth-order valence-corrected chi connectivity index (χ4v) is 3.81. The summed E-state index contributed by atoms with van der Waals surface area (Å²) in [7, 11) is 0. The minimum Gasteiger partial charge on any atom is -0.335 e. The number of benzene rings is 1. The first kappa shape index (κ1) is 17.8. The lowest BCUT2D eigenvalue weighted by Crippen LogP contribution is -2.39. The van der Waals surface area contributed by atoms with Crippen LogP contribution in [0.1, 0.15) is 57.9 Å². The van der Waals surface area contributed by atoms with Crippen LogP contribution in [-0.2, 0) is 11.2 Å². The molecule has 1 heterocycles. The number of hydrogen-bond acceptors (Lipinski definition) is 2. The van der Waals surface area contributed by atoms with Gasteiger partial charge in [-0.1, -0.05) is 33.1 Å². The molecule has 5 nitrogen and oxygen atoms in total. The molecule has 0 bridgehead atoms. The lowest BCUT2D eigenvalue weighted by Gasteiger charge is -2.31. The average Bonchev–Trinajstić information content (AvgIpc) is 2.61. The van der Waals surface area contributed by atoms with E-state index >= 15 is 0 Å². The second-order valence-electron chi connectivity index (χ2n) is 7.53. The van der Waals surface area contributed by atoms with E-state index in [4.69, 9.17) is 0 Å². The van der Waals surface area contributed by atoms with Gasteiger partial charge < -0.3 is 15.5 Å². The van der Waals surface area contributed by atoms with E-state index < -0.39 is 0 Å². The second kappa shape index (κ2) is 7.89. The van der Waals surface area contributed by atoms with E-state index in [9.17, 15) is 9.59 Å². The van der Waals surface area contributed by atoms with Gasteiger partial charge in [-0.2, -0.15) is 0 Å². The molecule has 0 unspecified atom stereocenters. The van der Waals surface area contributed by atoms with E-state index in [2.05, 4.69) is 10.6 Å². The lowest BCUT2D eigenvalue weighted by molar-refractivity contribution is -0.121. The van der Waals surface area contributed by atoms with Gasteiger partial charge in [-0.25, -0.2) is 4.79 Å². The lowest BCUT2D eigenvalue weighted by atomic mass is 9.96. The Morgan fingerprint density at radius 2 is 1.88 bits per heavy atom. The van der Waals surface area contributed by atoms with Gasteiger partial charge in [0.2, 0.25) is 5.91 Å². The molecular weight excluding hydrogens is 314 g/mol. The van der Waals surface area contributed by atoms with Crippen LogP contribution < -0.4 is 15.5 Å². The maximum atomic E-state index is 12.4. The first-order valence-corrected chi connectivity index (χ1v) is 9.56. The molecule has 3 rings (SSSR count). The molecule has 1 aromatic carbocycles. The number of hydrogen-bond donors (Lipinski definition) is 2. The van der Waals surface area contributed by atoms with Crippen LogP contribution in [0.4, 0.5) is 16.2 Å². The third-order valence-corrected chi connectivity index (χ3v) is 5.16. The molecule has 1 aromatic rings. The quantitative estimate of drug-likeness (QED) is 0.869. The van der Waals surface area contributed by atoms with Crippen molar-refractivity contribution in [2.75, 3.05) is 16.8 Å². The van der Waals surface area contributed by atoms with Gasteiger partial charge in [0.1, 0.15) is 0 Å². The smallest absolute Gasteiger partial charge is 0.319 e. The number of anilines is 2.